The third-order valence-electron chi connectivity index (χ3n) is 3.32. The Morgan fingerprint density at radius 2 is 2.00 bits per heavy atom. The number of benzene rings is 2. The molecule has 0 aliphatic carbocycles. The molecular weight excluding hydrogens is 285 g/mol. The summed E-state index contributed by atoms with van der Waals surface area (Å²) in [6, 6.07) is 13.1. The van der Waals surface area contributed by atoms with Crippen molar-refractivity contribution in [2.24, 2.45) is 0 Å². The molecular formula is C17H14FNO3. The fraction of sp³-hybridized carbons (Fsp3) is 0.118. The standard InChI is InChI=1S/C17H14FNO3/c1-21-14-4-2-3-12-9-15(22-16(12)14)17(20)19-10-11-5-7-13(18)8-6-11/h2-9H,10H2,1H3,(H,19,20). The van der Waals surface area contributed by atoms with Crippen molar-refractivity contribution in [2.45, 2.75) is 6.54 Å². The van der Waals surface area contributed by atoms with Gasteiger partial charge in [0.2, 0.25) is 0 Å². The molecule has 112 valence electrons. The van der Waals surface area contributed by atoms with Gasteiger partial charge in [-0.2, -0.15) is 0 Å². The molecule has 0 unspecified atom stereocenters. The molecule has 0 fully saturated rings. The number of hydrogen-bond acceptors (Lipinski definition) is 3. The van der Waals surface area contributed by atoms with Crippen LogP contribution in [0.3, 0.4) is 0 Å². The Labute approximate surface area is 126 Å². The smallest absolute Gasteiger partial charge is 0.287 e. The molecule has 0 spiro atoms. The number of carbonyl (C=O) groups excluding carboxylic acids is 1. The molecule has 0 bridgehead atoms. The molecule has 5 heteroatoms. The maximum atomic E-state index is 12.8. The molecule has 0 saturated carbocycles. The maximum absolute atomic E-state index is 12.8. The second kappa shape index (κ2) is 5.89. The van der Waals surface area contributed by atoms with Crippen LogP contribution in [0.2, 0.25) is 0 Å². The lowest BCUT2D eigenvalue weighted by Gasteiger charge is -2.03. The van der Waals surface area contributed by atoms with Crippen molar-refractivity contribution in [3.8, 4) is 5.75 Å². The first-order valence-electron chi connectivity index (χ1n) is 6.76. The maximum Gasteiger partial charge on any atom is 0.287 e. The Morgan fingerprint density at radius 3 is 2.73 bits per heavy atom. The Kier molecular flexibility index (Phi) is 3.78. The minimum atomic E-state index is -0.331. The van der Waals surface area contributed by atoms with Crippen molar-refractivity contribution < 1.29 is 18.3 Å². The van der Waals surface area contributed by atoms with E-state index in [4.69, 9.17) is 9.15 Å². The highest BCUT2D eigenvalue weighted by molar-refractivity contribution is 5.97. The van der Waals surface area contributed by atoms with Crippen LogP contribution in [-0.4, -0.2) is 13.0 Å². The van der Waals surface area contributed by atoms with Crippen LogP contribution in [0.15, 0.2) is 52.9 Å². The van der Waals surface area contributed by atoms with Crippen molar-refractivity contribution >= 4 is 16.9 Å². The average molecular weight is 299 g/mol. The van der Waals surface area contributed by atoms with Crippen LogP contribution in [0.1, 0.15) is 16.1 Å². The van der Waals surface area contributed by atoms with Crippen LogP contribution in [0, 0.1) is 5.82 Å². The fourth-order valence-corrected chi connectivity index (χ4v) is 2.18. The molecule has 1 N–H and O–H groups in total. The molecule has 3 rings (SSSR count). The molecule has 1 heterocycles. The van der Waals surface area contributed by atoms with E-state index in [0.717, 1.165) is 10.9 Å². The third-order valence-corrected chi connectivity index (χ3v) is 3.32. The Hall–Kier alpha value is -2.82. The topological polar surface area (TPSA) is 51.5 Å². The van der Waals surface area contributed by atoms with Gasteiger partial charge in [-0.15, -0.1) is 0 Å². The monoisotopic (exact) mass is 299 g/mol. The van der Waals surface area contributed by atoms with Crippen LogP contribution in [0.5, 0.6) is 5.75 Å². The molecule has 0 aliphatic heterocycles. The summed E-state index contributed by atoms with van der Waals surface area (Å²) < 4.78 is 23.6. The van der Waals surface area contributed by atoms with E-state index in [1.54, 1.807) is 31.4 Å². The van der Waals surface area contributed by atoms with Crippen LogP contribution in [0.4, 0.5) is 4.39 Å². The summed E-state index contributed by atoms with van der Waals surface area (Å²) in [5.41, 5.74) is 1.35. The van der Waals surface area contributed by atoms with Crippen LogP contribution < -0.4 is 10.1 Å². The first-order chi connectivity index (χ1) is 10.7. The highest BCUT2D eigenvalue weighted by Crippen LogP contribution is 2.28. The van der Waals surface area contributed by atoms with E-state index in [1.807, 2.05) is 12.1 Å². The molecule has 2 aromatic carbocycles. The number of carbonyl (C=O) groups is 1. The summed E-state index contributed by atoms with van der Waals surface area (Å²) in [7, 11) is 1.55. The molecule has 3 aromatic rings. The van der Waals surface area contributed by atoms with Crippen LogP contribution in [-0.2, 0) is 6.54 Å². The lowest BCUT2D eigenvalue weighted by molar-refractivity contribution is 0.0925. The molecule has 0 saturated heterocycles. The second-order valence-electron chi connectivity index (χ2n) is 4.80. The summed E-state index contributed by atoms with van der Waals surface area (Å²) in [6.07, 6.45) is 0. The second-order valence-corrected chi connectivity index (χ2v) is 4.80. The quantitative estimate of drug-likeness (QED) is 0.802. The number of methoxy groups -OCH3 is 1. The molecule has 0 atom stereocenters. The van der Waals surface area contributed by atoms with Crippen LogP contribution in [0.25, 0.3) is 11.0 Å². The van der Waals surface area contributed by atoms with Gasteiger partial charge in [-0.05, 0) is 29.8 Å². The van der Waals surface area contributed by atoms with Gasteiger partial charge in [-0.1, -0.05) is 24.3 Å². The van der Waals surface area contributed by atoms with E-state index in [0.29, 0.717) is 17.9 Å². The number of ether oxygens (including phenoxy) is 1. The first-order valence-corrected chi connectivity index (χ1v) is 6.76. The van der Waals surface area contributed by atoms with E-state index in [-0.39, 0.29) is 17.5 Å². The van der Waals surface area contributed by atoms with Gasteiger partial charge in [0, 0.05) is 11.9 Å². The van der Waals surface area contributed by atoms with Crippen molar-refractivity contribution in [3.63, 3.8) is 0 Å². The molecule has 1 aromatic heterocycles. The average Bonchev–Trinajstić information content (AvgIpc) is 2.98. The van der Waals surface area contributed by atoms with Gasteiger partial charge < -0.3 is 14.5 Å². The van der Waals surface area contributed by atoms with Gasteiger partial charge in [-0.25, -0.2) is 4.39 Å². The van der Waals surface area contributed by atoms with Gasteiger partial charge >= 0.3 is 0 Å². The zero-order chi connectivity index (χ0) is 15.5. The first kappa shape index (κ1) is 14.1. The van der Waals surface area contributed by atoms with E-state index in [9.17, 15) is 9.18 Å². The fourth-order valence-electron chi connectivity index (χ4n) is 2.18. The summed E-state index contributed by atoms with van der Waals surface area (Å²) >= 11 is 0. The third kappa shape index (κ3) is 2.79. The zero-order valence-electron chi connectivity index (χ0n) is 11.9. The van der Waals surface area contributed by atoms with Gasteiger partial charge in [0.15, 0.2) is 17.1 Å². The van der Waals surface area contributed by atoms with E-state index < -0.39 is 0 Å². The minimum Gasteiger partial charge on any atom is -0.493 e. The Bertz CT molecular complexity index is 808. The van der Waals surface area contributed by atoms with Gasteiger partial charge in [-0.3, -0.25) is 4.79 Å². The Balaban J connectivity index is 1.76. The number of nitrogens with one attached hydrogen (secondary N) is 1. The SMILES string of the molecule is COc1cccc2cc(C(=O)NCc3ccc(F)cc3)oc12. The number of amides is 1. The lowest BCUT2D eigenvalue weighted by Crippen LogP contribution is -2.22. The number of rotatable bonds is 4. The molecule has 0 aliphatic rings. The highest BCUT2D eigenvalue weighted by atomic mass is 19.1. The Morgan fingerprint density at radius 1 is 1.23 bits per heavy atom. The number of hydrogen-bond donors (Lipinski definition) is 1. The minimum absolute atomic E-state index is 0.210. The van der Waals surface area contributed by atoms with Crippen molar-refractivity contribution in [1.29, 1.82) is 0 Å². The van der Waals surface area contributed by atoms with Gasteiger partial charge in [0.1, 0.15) is 5.82 Å². The largest absolute Gasteiger partial charge is 0.493 e. The van der Waals surface area contributed by atoms with Crippen LogP contribution >= 0.6 is 0 Å². The lowest BCUT2D eigenvalue weighted by atomic mass is 10.2. The number of para-hydroxylation sites is 1. The van der Waals surface area contributed by atoms with Crippen molar-refractivity contribution in [3.05, 3.63) is 65.7 Å². The number of furan rings is 1. The normalized spacial score (nSPS) is 10.6. The van der Waals surface area contributed by atoms with Crippen molar-refractivity contribution in [2.75, 3.05) is 7.11 Å². The predicted octanol–water partition coefficient (Wildman–Crippen LogP) is 3.51. The summed E-state index contributed by atoms with van der Waals surface area (Å²) in [6.45, 7) is 0.299. The molecule has 4 nitrogen and oxygen atoms in total. The van der Waals surface area contributed by atoms with Gasteiger partial charge in [0.25, 0.3) is 5.91 Å². The molecule has 22 heavy (non-hydrogen) atoms. The van der Waals surface area contributed by atoms with Gasteiger partial charge in [0.05, 0.1) is 7.11 Å². The zero-order valence-corrected chi connectivity index (χ0v) is 11.9. The summed E-state index contributed by atoms with van der Waals surface area (Å²) in [5.74, 6) is 0.152. The molecule has 0 radical (unpaired) electrons. The number of fused-ring (bicyclic) bond motifs is 1. The summed E-state index contributed by atoms with van der Waals surface area (Å²) in [5, 5.41) is 3.53. The molecule has 1 amide bonds. The van der Waals surface area contributed by atoms with E-state index in [2.05, 4.69) is 5.32 Å². The van der Waals surface area contributed by atoms with E-state index in [1.165, 1.54) is 12.1 Å². The van der Waals surface area contributed by atoms with E-state index >= 15 is 0 Å². The van der Waals surface area contributed by atoms with Crippen molar-refractivity contribution in [1.82, 2.24) is 5.32 Å². The predicted molar refractivity (Wildman–Crippen MR) is 80.3 cm³/mol. The summed E-state index contributed by atoms with van der Waals surface area (Å²) in [4.78, 5) is 12.1. The number of halogens is 1. The highest BCUT2D eigenvalue weighted by Gasteiger charge is 2.14.